The Hall–Kier alpha value is -3.55. The molecule has 1 amide bonds. The summed E-state index contributed by atoms with van der Waals surface area (Å²) < 4.78 is 0. The molecule has 1 aromatic heterocycles. The van der Waals surface area contributed by atoms with Crippen molar-refractivity contribution in [2.45, 2.75) is 20.8 Å². The lowest BCUT2D eigenvalue weighted by molar-refractivity contribution is 0.0841. The maximum atomic E-state index is 13.2. The summed E-state index contributed by atoms with van der Waals surface area (Å²) in [5, 5.41) is 0. The summed E-state index contributed by atoms with van der Waals surface area (Å²) in [6.07, 6.45) is 5.80. The molecule has 0 aliphatic heterocycles. The molecule has 1 aliphatic carbocycles. The number of nitrogens with one attached hydrogen (secondary N) is 1. The van der Waals surface area contributed by atoms with Gasteiger partial charge in [0.15, 0.2) is 0 Å². The van der Waals surface area contributed by atoms with Crippen LogP contribution in [-0.4, -0.2) is 22.8 Å². The fraction of sp³-hybridized carbons (Fsp3) is 0.154. The molecular weight excluding hydrogens is 356 g/mol. The minimum atomic E-state index is -0.0165. The Kier molecular flexibility index (Phi) is 4.84. The van der Waals surface area contributed by atoms with E-state index in [9.17, 15) is 4.79 Å². The molecule has 0 radical (unpaired) electrons. The molecule has 0 unspecified atom stereocenters. The molecule has 3 heteroatoms. The van der Waals surface area contributed by atoms with Crippen LogP contribution in [-0.2, 0) is 0 Å². The van der Waals surface area contributed by atoms with Gasteiger partial charge in [0.2, 0.25) is 0 Å². The summed E-state index contributed by atoms with van der Waals surface area (Å²) in [5.41, 5.74) is 12.3. The Morgan fingerprint density at radius 2 is 1.72 bits per heavy atom. The first-order chi connectivity index (χ1) is 14.0. The maximum Gasteiger partial charge on any atom is 0.258 e. The van der Waals surface area contributed by atoms with Crippen molar-refractivity contribution in [1.29, 1.82) is 0 Å². The fourth-order valence-corrected chi connectivity index (χ4v) is 3.59. The van der Waals surface area contributed by atoms with Crippen molar-refractivity contribution in [3.8, 4) is 11.3 Å². The van der Waals surface area contributed by atoms with E-state index in [4.69, 9.17) is 0 Å². The highest BCUT2D eigenvalue weighted by Crippen LogP contribution is 2.27. The first-order valence-electron chi connectivity index (χ1n) is 9.73. The number of hydrogen-bond acceptors (Lipinski definition) is 1. The van der Waals surface area contributed by atoms with E-state index in [1.54, 1.807) is 4.90 Å². The summed E-state index contributed by atoms with van der Waals surface area (Å²) >= 11 is 0. The van der Waals surface area contributed by atoms with Gasteiger partial charge < -0.3 is 9.88 Å². The second-order valence-electron chi connectivity index (χ2n) is 7.49. The molecule has 0 atom stereocenters. The van der Waals surface area contributed by atoms with E-state index in [1.807, 2.05) is 62.5 Å². The number of aryl methyl sites for hydroxylation is 1. The number of H-pyrrole nitrogens is 1. The molecule has 1 aliphatic rings. The molecule has 2 aromatic carbocycles. The summed E-state index contributed by atoms with van der Waals surface area (Å²) in [6.45, 7) is 6.14. The first-order valence-corrected chi connectivity index (χ1v) is 9.73. The third kappa shape index (κ3) is 3.49. The van der Waals surface area contributed by atoms with Crippen molar-refractivity contribution >= 4 is 18.1 Å². The monoisotopic (exact) mass is 380 g/mol. The van der Waals surface area contributed by atoms with Gasteiger partial charge >= 0.3 is 0 Å². The van der Waals surface area contributed by atoms with Crippen molar-refractivity contribution in [3.63, 3.8) is 0 Å². The summed E-state index contributed by atoms with van der Waals surface area (Å²) in [4.78, 5) is 18.3. The van der Waals surface area contributed by atoms with E-state index in [-0.39, 0.29) is 5.91 Å². The van der Waals surface area contributed by atoms with Crippen LogP contribution in [0.5, 0.6) is 0 Å². The highest BCUT2D eigenvalue weighted by atomic mass is 16.2. The molecule has 1 heterocycles. The van der Waals surface area contributed by atoms with E-state index in [2.05, 4.69) is 42.8 Å². The van der Waals surface area contributed by atoms with Gasteiger partial charge in [0.1, 0.15) is 0 Å². The maximum absolute atomic E-state index is 13.2. The fourth-order valence-electron chi connectivity index (χ4n) is 3.59. The number of carbonyl (C=O) groups excluding carboxylic acids is 1. The van der Waals surface area contributed by atoms with Gasteiger partial charge in [-0.2, -0.15) is 0 Å². The zero-order chi connectivity index (χ0) is 20.5. The molecule has 144 valence electrons. The van der Waals surface area contributed by atoms with Gasteiger partial charge in [-0.3, -0.25) is 4.79 Å². The van der Waals surface area contributed by atoms with E-state index in [1.165, 1.54) is 5.56 Å². The molecule has 0 saturated carbocycles. The standard InChI is InChI=1S/C26H24N2O/c1-17-13-14-23(19(3)18(17)2)26(29)28(4)22-11-8-12-24-21(15-22)16-25(27-24)20-9-6-5-7-10-20/h5-7,9-16,27H,1-4H3. The lowest BCUT2D eigenvalue weighted by Gasteiger charge is -2.20. The summed E-state index contributed by atoms with van der Waals surface area (Å²) in [6, 6.07) is 16.3. The average Bonchev–Trinajstić information content (AvgIpc) is 3.03. The molecule has 4 rings (SSSR count). The van der Waals surface area contributed by atoms with Crippen molar-refractivity contribution < 1.29 is 4.79 Å². The van der Waals surface area contributed by atoms with Crippen LogP contribution in [0.15, 0.2) is 66.0 Å². The lowest BCUT2D eigenvalue weighted by Crippen LogP contribution is -2.26. The highest BCUT2D eigenvalue weighted by molar-refractivity contribution is 5.98. The number of carbonyl (C=O) groups is 1. The van der Waals surface area contributed by atoms with Crippen LogP contribution in [0.3, 0.4) is 0 Å². The molecule has 29 heavy (non-hydrogen) atoms. The number of fused-ring (bicyclic) bond motifs is 1. The highest BCUT2D eigenvalue weighted by Gasteiger charge is 2.19. The molecule has 0 saturated heterocycles. The van der Waals surface area contributed by atoms with E-state index in [0.29, 0.717) is 0 Å². The quantitative estimate of drug-likeness (QED) is 0.564. The molecule has 0 bridgehead atoms. The van der Waals surface area contributed by atoms with Crippen molar-refractivity contribution in [1.82, 2.24) is 9.88 Å². The van der Waals surface area contributed by atoms with E-state index in [0.717, 1.165) is 44.9 Å². The number of allylic oxidation sites excluding steroid dienone is 1. The minimum Gasteiger partial charge on any atom is -0.354 e. The number of hydrogen-bond donors (Lipinski definition) is 1. The number of rotatable bonds is 3. The van der Waals surface area contributed by atoms with Crippen molar-refractivity contribution in [2.75, 3.05) is 7.05 Å². The van der Waals surface area contributed by atoms with Crippen molar-refractivity contribution in [2.24, 2.45) is 0 Å². The topological polar surface area (TPSA) is 36.1 Å². The summed E-state index contributed by atoms with van der Waals surface area (Å²) in [5.74, 6) is -0.0165. The summed E-state index contributed by atoms with van der Waals surface area (Å²) in [7, 11) is 1.82. The Bertz CT molecular complexity index is 1190. The number of aromatic nitrogens is 1. The van der Waals surface area contributed by atoms with Crippen LogP contribution >= 0.6 is 0 Å². The third-order valence-corrected chi connectivity index (χ3v) is 5.71. The number of amides is 1. The Morgan fingerprint density at radius 1 is 0.966 bits per heavy atom. The Labute approximate surface area is 171 Å². The van der Waals surface area contributed by atoms with Crippen LogP contribution in [0.1, 0.15) is 38.3 Å². The zero-order valence-electron chi connectivity index (χ0n) is 17.2. The third-order valence-electron chi connectivity index (χ3n) is 5.71. The smallest absolute Gasteiger partial charge is 0.258 e. The molecule has 0 fully saturated rings. The van der Waals surface area contributed by atoms with E-state index < -0.39 is 0 Å². The van der Waals surface area contributed by atoms with Crippen LogP contribution in [0.4, 0.5) is 0 Å². The van der Waals surface area contributed by atoms with Crippen LogP contribution in [0.2, 0.25) is 0 Å². The van der Waals surface area contributed by atoms with Gasteiger partial charge in [0.05, 0.1) is 11.4 Å². The Morgan fingerprint density at radius 3 is 2.48 bits per heavy atom. The predicted molar refractivity (Wildman–Crippen MR) is 119 cm³/mol. The van der Waals surface area contributed by atoms with Gasteiger partial charge in [0, 0.05) is 36.0 Å². The minimum absolute atomic E-state index is 0.0165. The van der Waals surface area contributed by atoms with Crippen LogP contribution in [0.25, 0.3) is 23.4 Å². The molecule has 0 spiro atoms. The SMILES string of the molecule is Cc1ccc(C(=O)N(C)C2=Cc3cc(-c4ccccc4)[nH]c3C=C=C2)c(C)c1C. The molecular formula is C26H24N2O. The van der Waals surface area contributed by atoms with Gasteiger partial charge in [0.25, 0.3) is 5.91 Å². The van der Waals surface area contributed by atoms with Gasteiger partial charge in [-0.1, -0.05) is 36.4 Å². The van der Waals surface area contributed by atoms with Crippen LogP contribution < -0.4 is 0 Å². The molecule has 3 aromatic rings. The second kappa shape index (κ2) is 7.46. The van der Waals surface area contributed by atoms with Gasteiger partial charge in [-0.25, -0.2) is 0 Å². The normalized spacial score (nSPS) is 12.3. The lowest BCUT2D eigenvalue weighted by atomic mass is 9.98. The Balaban J connectivity index is 1.69. The van der Waals surface area contributed by atoms with Gasteiger partial charge in [-0.15, -0.1) is 5.73 Å². The number of benzene rings is 2. The number of likely N-dealkylation sites (N-methyl/N-ethyl adjacent to an activating group) is 1. The molecule has 1 N–H and O–H groups in total. The number of nitrogens with zero attached hydrogens (tertiary/aromatic N) is 1. The van der Waals surface area contributed by atoms with E-state index >= 15 is 0 Å². The average molecular weight is 380 g/mol. The largest absolute Gasteiger partial charge is 0.354 e. The van der Waals surface area contributed by atoms with Crippen molar-refractivity contribution in [3.05, 3.63) is 99.5 Å². The molecule has 3 nitrogen and oxygen atoms in total. The number of aromatic amines is 1. The predicted octanol–water partition coefficient (Wildman–Crippen LogP) is 5.90. The second-order valence-corrected chi connectivity index (χ2v) is 7.49. The zero-order valence-corrected chi connectivity index (χ0v) is 17.2. The first kappa shape index (κ1) is 18.8. The van der Waals surface area contributed by atoms with Gasteiger partial charge in [-0.05, 0) is 61.2 Å². The van der Waals surface area contributed by atoms with Crippen LogP contribution in [0, 0.1) is 20.8 Å².